The number of nitrogens with two attached hydrogens (primary N) is 7. The van der Waals surface area contributed by atoms with Crippen molar-refractivity contribution in [2.24, 2.45) is 50.3 Å². The number of nitrogens with zero attached hydrogens (tertiary/aromatic N) is 6. The van der Waals surface area contributed by atoms with Crippen molar-refractivity contribution in [2.45, 2.75) is 169 Å². The Bertz CT molecular complexity index is 3300. The zero-order chi connectivity index (χ0) is 72.4. The fourth-order valence-electron chi connectivity index (χ4n) is 10.1. The van der Waals surface area contributed by atoms with Crippen molar-refractivity contribution in [3.63, 3.8) is 0 Å². The number of aromatic amines is 1. The van der Waals surface area contributed by atoms with Gasteiger partial charge in [0.2, 0.25) is 29.5 Å². The normalized spacial score (nSPS) is 24.6. The van der Waals surface area contributed by atoms with E-state index in [-0.39, 0.29) is 95.5 Å². The smallest absolute Gasteiger partial charge is 0.441 e. The number of aliphatic imine (C=N–C) groups is 2. The van der Waals surface area contributed by atoms with Crippen molar-refractivity contribution < 1.29 is 120 Å². The van der Waals surface area contributed by atoms with E-state index < -0.39 is 183 Å². The summed E-state index contributed by atoms with van der Waals surface area (Å²) in [6.45, 7) is 3.47. The molecule has 0 spiro atoms. The summed E-state index contributed by atoms with van der Waals surface area (Å²) in [6, 6.07) is -8.23. The number of halogens is 1. The second kappa shape index (κ2) is 39.9. The first-order valence-electron chi connectivity index (χ1n) is 30.6. The van der Waals surface area contributed by atoms with Gasteiger partial charge in [0.05, 0.1) is 72.7 Å². The van der Waals surface area contributed by atoms with Gasteiger partial charge in [-0.3, -0.25) is 43.5 Å². The number of aliphatic hydroxyl groups excluding tert-OH is 8. The Morgan fingerprint density at radius 3 is 2.11 bits per heavy atom. The van der Waals surface area contributed by atoms with Gasteiger partial charge in [0, 0.05) is 55.7 Å². The summed E-state index contributed by atoms with van der Waals surface area (Å²) in [4.78, 5) is 135. The van der Waals surface area contributed by atoms with Crippen LogP contribution in [0.4, 0.5) is 10.6 Å². The van der Waals surface area contributed by atoms with Gasteiger partial charge in [0.1, 0.15) is 95.0 Å². The molecular weight excluding hydrogens is 1440 g/mol. The average Bonchev–Trinajstić information content (AvgIpc) is 0.920. The molecule has 2 saturated heterocycles. The van der Waals surface area contributed by atoms with E-state index in [4.69, 9.17) is 68.8 Å². The number of ether oxygens (including phenoxy) is 5. The van der Waals surface area contributed by atoms with Crippen LogP contribution in [-0.4, -0.2) is 267 Å². The molecule has 100 heavy (non-hydrogen) atoms. The SMILES string of the molecule is Cc1c(N)nc(C(CC(N)=O)NCC(N)C(N)=O)nc1C(=O)NC(C(=O)NC(C)C(O)C(C)C(=O)NC(C(=O)NCCC1=NC(c2nc(C(=O)NCCCCN=C(N)N)cs2)CS1)C(C)O)C(OC1OC(CO)C(O)C(O)C1OC1OC(CO)C(O)C(OC(N)=O)C1O)c1cnc[nH]1.Cl.[Cu+2]. The third-order valence-electron chi connectivity index (χ3n) is 15.7. The van der Waals surface area contributed by atoms with E-state index in [1.807, 2.05) is 0 Å². The molecule has 0 aromatic carbocycles. The number of hydrogen-bond donors (Lipinski definition) is 22. The quantitative estimate of drug-likeness (QED) is 0.0111. The predicted octanol–water partition coefficient (Wildman–Crippen LogP) is -8.59. The van der Waals surface area contributed by atoms with Crippen LogP contribution in [0.5, 0.6) is 0 Å². The number of thiazole rings is 1. The van der Waals surface area contributed by atoms with E-state index in [0.717, 1.165) is 12.5 Å². The van der Waals surface area contributed by atoms with Gasteiger partial charge in [-0.2, -0.15) is 0 Å². The molecule has 0 bridgehead atoms. The average molecular weight is 1530 g/mol. The Hall–Kier alpha value is -7.18. The number of primary amides is 3. The first-order chi connectivity index (χ1) is 46.3. The number of aromatic nitrogens is 5. The molecule has 6 heterocycles. The van der Waals surface area contributed by atoms with Gasteiger partial charge < -0.3 is 142 Å². The molecule has 45 heteroatoms. The number of H-pyrrole nitrogens is 1. The number of aliphatic hydroxyl groups is 8. The Balaban J connectivity index is 0.0000106. The molecule has 6 rings (SSSR count). The molecular formula is C55H87ClCuN20O21S2+2. The molecule has 561 valence electrons. The number of guanidine groups is 1. The van der Waals surface area contributed by atoms with Gasteiger partial charge in [-0.25, -0.2) is 24.7 Å². The van der Waals surface area contributed by atoms with Crippen molar-refractivity contribution in [3.8, 4) is 0 Å². The predicted molar refractivity (Wildman–Crippen MR) is 350 cm³/mol. The summed E-state index contributed by atoms with van der Waals surface area (Å²) in [7, 11) is 0. The van der Waals surface area contributed by atoms with Crippen molar-refractivity contribution >= 4 is 99.8 Å². The Morgan fingerprint density at radius 1 is 0.810 bits per heavy atom. The summed E-state index contributed by atoms with van der Waals surface area (Å²) >= 11 is 2.69. The van der Waals surface area contributed by atoms with Gasteiger partial charge in [0.25, 0.3) is 11.8 Å². The summed E-state index contributed by atoms with van der Waals surface area (Å²) in [5.41, 5.74) is 38.2. The van der Waals surface area contributed by atoms with E-state index in [9.17, 15) is 74.4 Å². The van der Waals surface area contributed by atoms with Gasteiger partial charge >= 0.3 is 23.2 Å². The second-order valence-electron chi connectivity index (χ2n) is 23.0. The summed E-state index contributed by atoms with van der Waals surface area (Å²) in [5, 5.41) is 107. The number of unbranched alkanes of at least 4 members (excludes halogenated alkanes) is 1. The Kier molecular flexibility index (Phi) is 34.0. The van der Waals surface area contributed by atoms with Crippen molar-refractivity contribution in [1.29, 1.82) is 0 Å². The molecule has 20 unspecified atom stereocenters. The second-order valence-corrected chi connectivity index (χ2v) is 25.0. The first-order valence-corrected chi connectivity index (χ1v) is 32.5. The topological polar surface area (TPSA) is 691 Å². The number of rotatable bonds is 36. The van der Waals surface area contributed by atoms with Gasteiger partial charge in [0.15, 0.2) is 24.6 Å². The molecule has 8 amide bonds. The maximum atomic E-state index is 15.2. The number of amides is 8. The van der Waals surface area contributed by atoms with Crippen molar-refractivity contribution in [1.82, 2.24) is 56.8 Å². The van der Waals surface area contributed by atoms with Crippen LogP contribution in [0.3, 0.4) is 0 Å². The fraction of sp³-hybridized carbons (Fsp3) is 0.636. The third kappa shape index (κ3) is 23.2. The monoisotopic (exact) mass is 1530 g/mol. The van der Waals surface area contributed by atoms with Crippen LogP contribution < -0.4 is 72.0 Å². The molecule has 3 aliphatic rings. The minimum Gasteiger partial charge on any atom is -0.441 e. The number of thioether (sulfide) groups is 1. The molecule has 29 N–H and O–H groups in total. The van der Waals surface area contributed by atoms with Crippen LogP contribution in [-0.2, 0) is 64.7 Å². The van der Waals surface area contributed by atoms with Crippen LogP contribution in [0.1, 0.15) is 108 Å². The molecule has 3 aromatic heterocycles. The zero-order valence-electron chi connectivity index (χ0n) is 54.2. The number of hydrogen-bond acceptors (Lipinski definition) is 32. The summed E-state index contributed by atoms with van der Waals surface area (Å²) in [6.07, 6.45) is -23.8. The van der Waals surface area contributed by atoms with E-state index in [0.29, 0.717) is 41.7 Å². The molecule has 3 aromatic rings. The molecule has 41 nitrogen and oxygen atoms in total. The summed E-state index contributed by atoms with van der Waals surface area (Å²) < 4.78 is 28.7. The van der Waals surface area contributed by atoms with Crippen LogP contribution in [0.25, 0.3) is 0 Å². The standard InChI is InChI=1S/C55H86N20O21S2.ClH.Cu/c1-19-32(72-45(75-43(19)58)24(11-30(57)79)67-12-23(56)44(59)85)49(89)74-34(40(25-13-63-18-68-25)94-53-42(38(83)36(81)28(14-76)93-53)95-52-39(84)41(96-55(62)91)37(82)29(15-77)92-52)50(90)69-21(3)35(80)20(2)46(86)73-33(22(4)78)48(88)65-10-7-31-70-27(17-97-31)51-71-26(16-98-51)47(87)64-8-5-6-9-66-54(60)61;;/h13,16,18,20-24,27-29,33-42,52-53,67,76-78,80-84H,5-12,14-15,17,56H2,1-4H3,(H2,57,79)(H2,59,85)(H2,62,91)(H,63,68)(H,64,87)(H,65,88)(H,69,90)(H,73,86)(H,74,89)(H2,58,72,75)(H4,60,61,66);1H;/q;;+2. The van der Waals surface area contributed by atoms with Gasteiger partial charge in [-0.05, 0) is 33.6 Å². The summed E-state index contributed by atoms with van der Waals surface area (Å²) in [5.74, 6) is -8.26. The Morgan fingerprint density at radius 2 is 1.49 bits per heavy atom. The van der Waals surface area contributed by atoms with Crippen LogP contribution in [0, 0.1) is 12.8 Å². The van der Waals surface area contributed by atoms with Gasteiger partial charge in [-0.15, -0.1) is 35.5 Å². The maximum Gasteiger partial charge on any atom is 2.00 e. The van der Waals surface area contributed by atoms with E-state index in [1.54, 1.807) is 5.38 Å². The van der Waals surface area contributed by atoms with E-state index >= 15 is 4.79 Å². The molecule has 0 aliphatic carbocycles. The number of nitrogen functional groups attached to an aromatic ring is 1. The number of imidazole rings is 1. The number of carbonyl (C=O) groups is 8. The molecule has 0 saturated carbocycles. The Labute approximate surface area is 595 Å². The van der Waals surface area contributed by atoms with Crippen LogP contribution >= 0.6 is 35.5 Å². The molecule has 20 atom stereocenters. The van der Waals surface area contributed by atoms with Crippen molar-refractivity contribution in [3.05, 3.63) is 51.4 Å². The number of carbonyl (C=O) groups excluding carboxylic acids is 8. The molecule has 1 radical (unpaired) electrons. The van der Waals surface area contributed by atoms with E-state index in [1.165, 1.54) is 50.8 Å². The first kappa shape index (κ1) is 85.2. The van der Waals surface area contributed by atoms with Crippen LogP contribution in [0.15, 0.2) is 27.9 Å². The molecule has 3 aliphatic heterocycles. The zero-order valence-corrected chi connectivity index (χ0v) is 57.6. The number of anilines is 1. The van der Waals surface area contributed by atoms with Crippen molar-refractivity contribution in [2.75, 3.05) is 50.9 Å². The maximum absolute atomic E-state index is 15.2. The minimum absolute atomic E-state index is 0. The minimum atomic E-state index is -2.20. The van der Waals surface area contributed by atoms with E-state index in [2.05, 4.69) is 61.8 Å². The number of nitrogens with one attached hydrogen (secondary N) is 7. The third-order valence-corrected chi connectivity index (χ3v) is 17.7. The van der Waals surface area contributed by atoms with Gasteiger partial charge in [-0.1, -0.05) is 6.92 Å². The largest absolute Gasteiger partial charge is 2.00 e. The fourth-order valence-corrected chi connectivity index (χ4v) is 12.1. The molecule has 2 fully saturated rings. The van der Waals surface area contributed by atoms with Crippen LogP contribution in [0.2, 0.25) is 0 Å².